The molecule has 1 aromatic heterocycles. The van der Waals surface area contributed by atoms with Crippen molar-refractivity contribution < 1.29 is 4.79 Å². The van der Waals surface area contributed by atoms with Gasteiger partial charge in [0.25, 0.3) is 0 Å². The molecule has 3 nitrogen and oxygen atoms in total. The molecule has 0 saturated carbocycles. The summed E-state index contributed by atoms with van der Waals surface area (Å²) in [4.78, 5) is 15.4. The largest absolute Gasteiger partial charge is 0.375 e. The van der Waals surface area contributed by atoms with Crippen LogP contribution in [0.15, 0.2) is 0 Å². The maximum absolute atomic E-state index is 10.8. The predicted molar refractivity (Wildman–Crippen MR) is 52.6 cm³/mol. The standard InChI is InChI=1S/C6H8N2OS.C2H6/c1-3-5(4(2)9)10-6(7)8-3;1-2/h1-2H3,(H2,7,8);1-2H3. The van der Waals surface area contributed by atoms with Crippen molar-refractivity contribution in [1.29, 1.82) is 0 Å². The van der Waals surface area contributed by atoms with Crippen LogP contribution in [0.1, 0.15) is 36.1 Å². The molecule has 0 aliphatic carbocycles. The molecule has 0 aliphatic rings. The van der Waals surface area contributed by atoms with Crippen LogP contribution in [-0.4, -0.2) is 10.8 Å². The lowest BCUT2D eigenvalue weighted by atomic mass is 10.3. The Bertz CT molecular complexity index is 268. The second kappa shape index (κ2) is 4.87. The van der Waals surface area contributed by atoms with Crippen LogP contribution in [0.2, 0.25) is 0 Å². The predicted octanol–water partition coefficient (Wildman–Crippen LogP) is 2.26. The minimum Gasteiger partial charge on any atom is -0.375 e. The molecule has 0 aromatic carbocycles. The number of thiazole rings is 1. The van der Waals surface area contributed by atoms with Gasteiger partial charge in [0, 0.05) is 6.92 Å². The van der Waals surface area contributed by atoms with E-state index in [9.17, 15) is 4.79 Å². The first-order chi connectivity index (χ1) is 5.61. The summed E-state index contributed by atoms with van der Waals surface area (Å²) in [6.45, 7) is 7.30. The quantitative estimate of drug-likeness (QED) is 0.684. The van der Waals surface area contributed by atoms with E-state index in [4.69, 9.17) is 5.73 Å². The molecule has 0 unspecified atom stereocenters. The molecule has 0 radical (unpaired) electrons. The average Bonchev–Trinajstić information content (AvgIpc) is 2.34. The zero-order valence-corrected chi connectivity index (χ0v) is 8.66. The number of nitrogens with zero attached hydrogens (tertiary/aromatic N) is 1. The lowest BCUT2D eigenvalue weighted by Crippen LogP contribution is -1.89. The van der Waals surface area contributed by atoms with Crippen molar-refractivity contribution in [3.05, 3.63) is 10.6 Å². The van der Waals surface area contributed by atoms with E-state index in [2.05, 4.69) is 4.98 Å². The van der Waals surface area contributed by atoms with E-state index in [0.717, 1.165) is 5.69 Å². The summed E-state index contributed by atoms with van der Waals surface area (Å²) < 4.78 is 0. The minimum atomic E-state index is 0.0340. The van der Waals surface area contributed by atoms with Gasteiger partial charge in [0.2, 0.25) is 0 Å². The Hall–Kier alpha value is -0.900. The highest BCUT2D eigenvalue weighted by atomic mass is 32.1. The van der Waals surface area contributed by atoms with Crippen LogP contribution in [0, 0.1) is 6.92 Å². The number of carbonyl (C=O) groups is 1. The van der Waals surface area contributed by atoms with Crippen molar-refractivity contribution in [3.63, 3.8) is 0 Å². The van der Waals surface area contributed by atoms with Gasteiger partial charge in [-0.3, -0.25) is 4.79 Å². The molecular formula is C8H14N2OS. The van der Waals surface area contributed by atoms with Crippen molar-refractivity contribution >= 4 is 22.3 Å². The number of hydrogen-bond donors (Lipinski definition) is 1. The highest BCUT2D eigenvalue weighted by molar-refractivity contribution is 7.17. The monoisotopic (exact) mass is 186 g/mol. The number of carbonyl (C=O) groups excluding carboxylic acids is 1. The van der Waals surface area contributed by atoms with Gasteiger partial charge in [0.05, 0.1) is 10.6 Å². The SMILES string of the molecule is CC.CC(=O)c1sc(N)nc1C. The first kappa shape index (κ1) is 11.1. The second-order valence-electron chi connectivity index (χ2n) is 2.02. The Labute approximate surface area is 76.6 Å². The summed E-state index contributed by atoms with van der Waals surface area (Å²) in [5.74, 6) is 0.0340. The molecule has 1 rings (SSSR count). The third-order valence-electron chi connectivity index (χ3n) is 1.13. The van der Waals surface area contributed by atoms with Crippen LogP contribution >= 0.6 is 11.3 Å². The van der Waals surface area contributed by atoms with E-state index in [1.807, 2.05) is 13.8 Å². The first-order valence-electron chi connectivity index (χ1n) is 3.85. The smallest absolute Gasteiger partial charge is 0.180 e. The molecule has 2 N–H and O–H groups in total. The Morgan fingerprint density at radius 2 is 2.00 bits per heavy atom. The fraction of sp³-hybridized carbons (Fsp3) is 0.500. The topological polar surface area (TPSA) is 56.0 Å². The van der Waals surface area contributed by atoms with E-state index in [1.54, 1.807) is 6.92 Å². The van der Waals surface area contributed by atoms with E-state index in [0.29, 0.717) is 10.0 Å². The lowest BCUT2D eigenvalue weighted by Gasteiger charge is -1.85. The molecule has 0 saturated heterocycles. The van der Waals surface area contributed by atoms with Gasteiger partial charge in [-0.05, 0) is 6.92 Å². The number of aromatic nitrogens is 1. The fourth-order valence-corrected chi connectivity index (χ4v) is 1.47. The zero-order valence-electron chi connectivity index (χ0n) is 7.84. The fourth-order valence-electron chi connectivity index (χ4n) is 0.744. The maximum atomic E-state index is 10.8. The summed E-state index contributed by atoms with van der Waals surface area (Å²) in [6.07, 6.45) is 0. The molecule has 1 aromatic rings. The van der Waals surface area contributed by atoms with Gasteiger partial charge in [-0.15, -0.1) is 0 Å². The number of anilines is 1. The van der Waals surface area contributed by atoms with Gasteiger partial charge in [-0.1, -0.05) is 25.2 Å². The van der Waals surface area contributed by atoms with Crippen molar-refractivity contribution in [2.24, 2.45) is 0 Å². The van der Waals surface area contributed by atoms with E-state index in [1.165, 1.54) is 18.3 Å². The van der Waals surface area contributed by atoms with Crippen LogP contribution in [0.25, 0.3) is 0 Å². The number of ketones is 1. The number of Topliss-reactive ketones (excluding diaryl/α,β-unsaturated/α-hetero) is 1. The summed E-state index contributed by atoms with van der Waals surface area (Å²) in [7, 11) is 0. The Morgan fingerprint density at radius 3 is 2.17 bits per heavy atom. The van der Waals surface area contributed by atoms with E-state index >= 15 is 0 Å². The Morgan fingerprint density at radius 1 is 1.50 bits per heavy atom. The molecule has 0 spiro atoms. The zero-order chi connectivity index (χ0) is 9.72. The van der Waals surface area contributed by atoms with Gasteiger partial charge in [0.15, 0.2) is 10.9 Å². The summed E-state index contributed by atoms with van der Waals surface area (Å²) in [5.41, 5.74) is 6.10. The van der Waals surface area contributed by atoms with Crippen LogP contribution in [0.5, 0.6) is 0 Å². The highest BCUT2D eigenvalue weighted by Gasteiger charge is 2.08. The molecule has 0 fully saturated rings. The van der Waals surface area contributed by atoms with Gasteiger partial charge in [-0.25, -0.2) is 4.98 Å². The summed E-state index contributed by atoms with van der Waals surface area (Å²) in [5, 5.41) is 0.461. The molecule has 1 heterocycles. The van der Waals surface area contributed by atoms with Crippen molar-refractivity contribution in [2.45, 2.75) is 27.7 Å². The van der Waals surface area contributed by atoms with Crippen LogP contribution in [0.4, 0.5) is 5.13 Å². The highest BCUT2D eigenvalue weighted by Crippen LogP contribution is 2.19. The number of rotatable bonds is 1. The molecule has 4 heteroatoms. The van der Waals surface area contributed by atoms with Crippen molar-refractivity contribution in [2.75, 3.05) is 5.73 Å². The van der Waals surface area contributed by atoms with E-state index in [-0.39, 0.29) is 5.78 Å². The summed E-state index contributed by atoms with van der Waals surface area (Å²) >= 11 is 1.24. The molecule has 0 aliphatic heterocycles. The summed E-state index contributed by atoms with van der Waals surface area (Å²) in [6, 6.07) is 0. The maximum Gasteiger partial charge on any atom is 0.180 e. The number of nitrogens with two attached hydrogens (primary N) is 1. The van der Waals surface area contributed by atoms with Crippen LogP contribution < -0.4 is 5.73 Å². The molecular weight excluding hydrogens is 172 g/mol. The Balaban J connectivity index is 0.000000561. The van der Waals surface area contributed by atoms with E-state index < -0.39 is 0 Å². The molecule has 68 valence electrons. The molecule has 0 atom stereocenters. The number of aryl methyl sites for hydroxylation is 1. The molecule has 12 heavy (non-hydrogen) atoms. The van der Waals surface area contributed by atoms with Crippen LogP contribution in [0.3, 0.4) is 0 Å². The van der Waals surface area contributed by atoms with Gasteiger partial charge in [0.1, 0.15) is 0 Å². The average molecular weight is 186 g/mol. The first-order valence-corrected chi connectivity index (χ1v) is 4.66. The molecule has 0 bridgehead atoms. The normalized spacial score (nSPS) is 8.67. The lowest BCUT2D eigenvalue weighted by molar-refractivity contribution is 0.102. The van der Waals surface area contributed by atoms with Crippen LogP contribution in [-0.2, 0) is 0 Å². The van der Waals surface area contributed by atoms with Crippen molar-refractivity contribution in [3.8, 4) is 0 Å². The minimum absolute atomic E-state index is 0.0340. The number of nitrogen functional groups attached to an aromatic ring is 1. The van der Waals surface area contributed by atoms with Gasteiger partial charge in [-0.2, -0.15) is 0 Å². The third kappa shape index (κ3) is 2.62. The van der Waals surface area contributed by atoms with Gasteiger partial charge >= 0.3 is 0 Å². The molecule has 0 amide bonds. The van der Waals surface area contributed by atoms with Crippen molar-refractivity contribution in [1.82, 2.24) is 4.98 Å². The third-order valence-corrected chi connectivity index (χ3v) is 2.22. The number of hydrogen-bond acceptors (Lipinski definition) is 4. The Kier molecular flexibility index (Phi) is 4.51. The van der Waals surface area contributed by atoms with Gasteiger partial charge < -0.3 is 5.73 Å². The second-order valence-corrected chi connectivity index (χ2v) is 3.05.